The molecule has 0 spiro atoms. The first kappa shape index (κ1) is 25.4. The van der Waals surface area contributed by atoms with Crippen molar-refractivity contribution < 1.29 is 57.8 Å². The molecule has 0 amide bonds. The van der Waals surface area contributed by atoms with Crippen molar-refractivity contribution in [2.24, 2.45) is 0 Å². The van der Waals surface area contributed by atoms with Gasteiger partial charge in [0.2, 0.25) is 0 Å². The Labute approximate surface area is 179 Å². The van der Waals surface area contributed by atoms with Gasteiger partial charge in [-0.1, -0.05) is 0 Å². The molecule has 178 valence electrons. The van der Waals surface area contributed by atoms with E-state index in [1.807, 2.05) is 0 Å². The van der Waals surface area contributed by atoms with Crippen LogP contribution >= 0.6 is 0 Å². The molecule has 2 N–H and O–H groups in total. The molecule has 0 bridgehead atoms. The molecule has 0 aliphatic carbocycles. The summed E-state index contributed by atoms with van der Waals surface area (Å²) in [5.74, 6) is -2.12. The van der Waals surface area contributed by atoms with E-state index in [1.165, 1.54) is 14.0 Å². The minimum absolute atomic E-state index is 0.661. The second-order valence-electron chi connectivity index (χ2n) is 7.46. The van der Waals surface area contributed by atoms with E-state index in [0.29, 0.717) is 0 Å². The molecule has 0 unspecified atom stereocenters. The molecule has 0 aromatic heterocycles. The monoisotopic (exact) mass is 450 g/mol. The number of aliphatic hydroxyl groups is 2. The van der Waals surface area contributed by atoms with Crippen molar-refractivity contribution in [1.82, 2.24) is 0 Å². The van der Waals surface area contributed by atoms with E-state index in [-0.39, 0.29) is 0 Å². The van der Waals surface area contributed by atoms with Crippen molar-refractivity contribution in [3.8, 4) is 0 Å². The molecule has 2 aliphatic rings. The summed E-state index contributed by atoms with van der Waals surface area (Å²) >= 11 is 0. The highest BCUT2D eigenvalue weighted by atomic mass is 16.7. The fraction of sp³-hybridized carbons (Fsp3) is 0.842. The highest BCUT2D eigenvalue weighted by Gasteiger charge is 2.54. The Balaban J connectivity index is 2.36. The molecule has 12 heteroatoms. The van der Waals surface area contributed by atoms with Crippen LogP contribution in [-0.2, 0) is 47.5 Å². The number of rotatable bonds is 6. The van der Waals surface area contributed by atoms with Crippen LogP contribution in [0.4, 0.5) is 0 Å². The lowest BCUT2D eigenvalue weighted by Crippen LogP contribution is -2.65. The quantitative estimate of drug-likeness (QED) is 0.377. The van der Waals surface area contributed by atoms with Gasteiger partial charge < -0.3 is 43.4 Å². The van der Waals surface area contributed by atoms with E-state index in [9.17, 15) is 24.6 Å². The normalized spacial score (nSPS) is 40.6. The first-order valence-corrected chi connectivity index (χ1v) is 9.83. The van der Waals surface area contributed by atoms with Crippen LogP contribution in [0.5, 0.6) is 0 Å². The summed E-state index contributed by atoms with van der Waals surface area (Å²) in [5.41, 5.74) is 0. The molecule has 2 fully saturated rings. The number of carbonyl (C=O) groups is 3. The molecule has 0 saturated carbocycles. The summed E-state index contributed by atoms with van der Waals surface area (Å²) < 4.78 is 37.8. The third kappa shape index (κ3) is 6.11. The van der Waals surface area contributed by atoms with Gasteiger partial charge in [0.25, 0.3) is 0 Å². The van der Waals surface area contributed by atoms with E-state index in [2.05, 4.69) is 0 Å². The van der Waals surface area contributed by atoms with Gasteiger partial charge in [0.15, 0.2) is 30.9 Å². The van der Waals surface area contributed by atoms with Crippen LogP contribution in [0.3, 0.4) is 0 Å². The molecule has 0 aromatic carbocycles. The molecule has 0 radical (unpaired) electrons. The zero-order chi connectivity index (χ0) is 23.5. The van der Waals surface area contributed by atoms with Gasteiger partial charge in [-0.2, -0.15) is 0 Å². The van der Waals surface area contributed by atoms with Crippen LogP contribution in [0.2, 0.25) is 0 Å². The molecule has 2 saturated heterocycles. The predicted molar refractivity (Wildman–Crippen MR) is 99.2 cm³/mol. The minimum Gasteiger partial charge on any atom is -0.456 e. The maximum absolute atomic E-state index is 11.8. The van der Waals surface area contributed by atoms with Crippen molar-refractivity contribution in [3.05, 3.63) is 0 Å². The molecule has 2 heterocycles. The average molecular weight is 450 g/mol. The second-order valence-corrected chi connectivity index (χ2v) is 7.46. The van der Waals surface area contributed by atoms with Gasteiger partial charge in [-0.3, -0.25) is 14.4 Å². The van der Waals surface area contributed by atoms with Crippen molar-refractivity contribution >= 4 is 17.9 Å². The molecule has 2 rings (SSSR count). The molecule has 2 aliphatic heterocycles. The van der Waals surface area contributed by atoms with E-state index < -0.39 is 79.3 Å². The van der Waals surface area contributed by atoms with Crippen molar-refractivity contribution in [2.75, 3.05) is 7.11 Å². The highest BCUT2D eigenvalue weighted by Crippen LogP contribution is 2.32. The van der Waals surface area contributed by atoms with Gasteiger partial charge >= 0.3 is 17.9 Å². The number of carbonyl (C=O) groups excluding carboxylic acids is 3. The summed E-state index contributed by atoms with van der Waals surface area (Å²) in [6, 6.07) is 0. The van der Waals surface area contributed by atoms with E-state index >= 15 is 0 Å². The fourth-order valence-electron chi connectivity index (χ4n) is 3.59. The number of aliphatic hydroxyl groups excluding tert-OH is 2. The standard InChI is InChI=1S/C19H30O12/c1-7-12(23)15(13(24)18(25-6)26-7)31-19-17(30-11(5)22)16(29-10(4)21)14(8(2)27-19)28-9(3)20/h7-8,12-19,23-24H,1-6H3/t7-,8-,12-,13+,14+,15+,16+,17-,18+,19+/m0/s1. The van der Waals surface area contributed by atoms with Gasteiger partial charge in [-0.15, -0.1) is 0 Å². The number of hydrogen-bond donors (Lipinski definition) is 2. The lowest BCUT2D eigenvalue weighted by Gasteiger charge is -2.47. The Hall–Kier alpha value is -1.83. The third-order valence-electron chi connectivity index (χ3n) is 4.94. The van der Waals surface area contributed by atoms with Gasteiger partial charge in [0.1, 0.15) is 18.3 Å². The first-order chi connectivity index (χ1) is 14.5. The van der Waals surface area contributed by atoms with Crippen molar-refractivity contribution in [2.45, 2.75) is 96.0 Å². The van der Waals surface area contributed by atoms with Gasteiger partial charge in [-0.05, 0) is 13.8 Å². The third-order valence-corrected chi connectivity index (χ3v) is 4.94. The Kier molecular flexibility index (Phi) is 8.74. The van der Waals surface area contributed by atoms with E-state index in [0.717, 1.165) is 13.8 Å². The predicted octanol–water partition coefficient (Wildman–Crippen LogP) is -0.975. The second kappa shape index (κ2) is 10.7. The topological polar surface area (TPSA) is 156 Å². The summed E-state index contributed by atoms with van der Waals surface area (Å²) in [5, 5.41) is 21.0. The first-order valence-electron chi connectivity index (χ1n) is 9.83. The summed E-state index contributed by atoms with van der Waals surface area (Å²) in [6.45, 7) is 6.54. The van der Waals surface area contributed by atoms with Crippen LogP contribution in [0.1, 0.15) is 34.6 Å². The fourth-order valence-corrected chi connectivity index (χ4v) is 3.59. The maximum Gasteiger partial charge on any atom is 0.303 e. The number of esters is 3. The Morgan fingerprint density at radius 2 is 1.16 bits per heavy atom. The summed E-state index contributed by atoms with van der Waals surface area (Å²) in [4.78, 5) is 35.0. The summed E-state index contributed by atoms with van der Waals surface area (Å²) in [7, 11) is 1.32. The summed E-state index contributed by atoms with van der Waals surface area (Å²) in [6.07, 6.45) is -11.7. The van der Waals surface area contributed by atoms with E-state index in [4.69, 9.17) is 33.2 Å². The molecule has 12 nitrogen and oxygen atoms in total. The largest absolute Gasteiger partial charge is 0.456 e. The van der Waals surface area contributed by atoms with Crippen LogP contribution in [0, 0.1) is 0 Å². The molecular formula is C19H30O12. The molecule has 0 aromatic rings. The minimum atomic E-state index is -1.41. The average Bonchev–Trinajstić information content (AvgIpc) is 2.66. The lowest BCUT2D eigenvalue weighted by atomic mass is 9.97. The highest BCUT2D eigenvalue weighted by molar-refractivity contribution is 5.68. The molecule has 31 heavy (non-hydrogen) atoms. The van der Waals surface area contributed by atoms with E-state index in [1.54, 1.807) is 13.8 Å². The SMILES string of the molecule is CO[C@@H]1O[C@@H](C)[C@H](O)[C@@H](O[C@H]2O[C@@H](C)[C@@H](OC(C)=O)[C@@H](OC(C)=O)[C@@H]2OC(C)=O)[C@H]1O. The van der Waals surface area contributed by atoms with Crippen LogP contribution in [-0.4, -0.2) is 96.6 Å². The van der Waals surface area contributed by atoms with Crippen molar-refractivity contribution in [3.63, 3.8) is 0 Å². The molecule has 10 atom stereocenters. The molecular weight excluding hydrogens is 420 g/mol. The van der Waals surface area contributed by atoms with Crippen molar-refractivity contribution in [1.29, 1.82) is 0 Å². The van der Waals surface area contributed by atoms with Crippen LogP contribution < -0.4 is 0 Å². The van der Waals surface area contributed by atoms with Gasteiger partial charge in [0, 0.05) is 27.9 Å². The van der Waals surface area contributed by atoms with Crippen LogP contribution in [0.15, 0.2) is 0 Å². The number of hydrogen-bond acceptors (Lipinski definition) is 12. The van der Waals surface area contributed by atoms with Gasteiger partial charge in [-0.25, -0.2) is 0 Å². The van der Waals surface area contributed by atoms with Gasteiger partial charge in [0.05, 0.1) is 12.2 Å². The number of ether oxygens (including phenoxy) is 7. The Morgan fingerprint density at radius 1 is 0.677 bits per heavy atom. The zero-order valence-electron chi connectivity index (χ0n) is 18.3. The smallest absolute Gasteiger partial charge is 0.303 e. The Bertz CT molecular complexity index is 654. The number of methoxy groups -OCH3 is 1. The lowest BCUT2D eigenvalue weighted by molar-refractivity contribution is -0.353. The van der Waals surface area contributed by atoms with Crippen LogP contribution in [0.25, 0.3) is 0 Å². The maximum atomic E-state index is 11.8. The zero-order valence-corrected chi connectivity index (χ0v) is 18.3. The Morgan fingerprint density at radius 3 is 1.68 bits per heavy atom.